The Bertz CT molecular complexity index is 1210. The number of aromatic nitrogens is 6. The van der Waals surface area contributed by atoms with Gasteiger partial charge in [0.1, 0.15) is 18.1 Å². The van der Waals surface area contributed by atoms with Crippen molar-refractivity contribution < 1.29 is 4.57 Å². The van der Waals surface area contributed by atoms with Crippen LogP contribution in [0, 0.1) is 6.33 Å². The summed E-state index contributed by atoms with van der Waals surface area (Å²) in [6.45, 7) is 1.30. The van der Waals surface area contributed by atoms with Crippen LogP contribution in [0.5, 0.6) is 0 Å². The third-order valence-corrected chi connectivity index (χ3v) is 4.61. The molecule has 0 saturated heterocycles. The van der Waals surface area contributed by atoms with Crippen LogP contribution in [0.15, 0.2) is 85.2 Å². The van der Waals surface area contributed by atoms with E-state index in [-0.39, 0.29) is 0 Å². The molecule has 0 bridgehead atoms. The maximum Gasteiger partial charge on any atom is 0.245 e. The van der Waals surface area contributed by atoms with Crippen LogP contribution in [-0.4, -0.2) is 24.5 Å². The molecule has 28 heavy (non-hydrogen) atoms. The van der Waals surface area contributed by atoms with Crippen molar-refractivity contribution in [3.63, 3.8) is 0 Å². The Kier molecular flexibility index (Phi) is 4.14. The summed E-state index contributed by atoms with van der Waals surface area (Å²) in [7, 11) is 0. The molecular weight excluding hydrogens is 348 g/mol. The topological polar surface area (TPSA) is 52.4 Å². The Labute approximate surface area is 162 Å². The molecule has 6 heteroatoms. The molecule has 136 valence electrons. The molecule has 5 rings (SSSR count). The van der Waals surface area contributed by atoms with Crippen LogP contribution >= 0.6 is 0 Å². The number of para-hydroxylation sites is 2. The normalized spacial score (nSPS) is 11.1. The highest BCUT2D eigenvalue weighted by molar-refractivity contribution is 5.73. The number of fused-ring (bicyclic) bond motifs is 1. The van der Waals surface area contributed by atoms with Crippen LogP contribution in [0.4, 0.5) is 0 Å². The molecule has 0 saturated carbocycles. The first-order valence-electron chi connectivity index (χ1n) is 9.14. The van der Waals surface area contributed by atoms with E-state index in [4.69, 9.17) is 0 Å². The van der Waals surface area contributed by atoms with Crippen molar-refractivity contribution in [3.05, 3.63) is 103 Å². The predicted octanol–water partition coefficient (Wildman–Crippen LogP) is 2.80. The van der Waals surface area contributed by atoms with Crippen LogP contribution in [0.3, 0.4) is 0 Å². The molecule has 3 aromatic heterocycles. The third-order valence-electron chi connectivity index (χ3n) is 4.61. The second-order valence-corrected chi connectivity index (χ2v) is 6.59. The van der Waals surface area contributed by atoms with Crippen LogP contribution in [0.1, 0.15) is 11.3 Å². The molecule has 0 spiro atoms. The molecular formula is C22H18N6. The molecule has 0 atom stereocenters. The van der Waals surface area contributed by atoms with Gasteiger partial charge in [0.25, 0.3) is 0 Å². The van der Waals surface area contributed by atoms with E-state index in [9.17, 15) is 0 Å². The Balaban J connectivity index is 1.46. The summed E-state index contributed by atoms with van der Waals surface area (Å²) in [5.74, 6) is 0.838. The van der Waals surface area contributed by atoms with Gasteiger partial charge in [-0.05, 0) is 17.7 Å². The van der Waals surface area contributed by atoms with Crippen molar-refractivity contribution in [1.29, 1.82) is 0 Å². The van der Waals surface area contributed by atoms with Gasteiger partial charge in [-0.1, -0.05) is 65.9 Å². The number of benzene rings is 2. The lowest BCUT2D eigenvalue weighted by atomic mass is 10.2. The fraction of sp³-hybridized carbons (Fsp3) is 0.0909. The second-order valence-electron chi connectivity index (χ2n) is 6.59. The Morgan fingerprint density at radius 3 is 2.57 bits per heavy atom. The van der Waals surface area contributed by atoms with Gasteiger partial charge < -0.3 is 9.13 Å². The minimum atomic E-state index is 0.592. The number of nitrogens with zero attached hydrogens (tertiary/aromatic N) is 6. The molecule has 0 aliphatic carbocycles. The highest BCUT2D eigenvalue weighted by atomic mass is 15.4. The van der Waals surface area contributed by atoms with E-state index in [0.29, 0.717) is 13.1 Å². The number of hydrogen-bond acceptors (Lipinski definition) is 3. The van der Waals surface area contributed by atoms with Crippen LogP contribution < -0.4 is 4.57 Å². The van der Waals surface area contributed by atoms with Gasteiger partial charge in [0.15, 0.2) is 0 Å². The first kappa shape index (κ1) is 16.4. The smallest absolute Gasteiger partial charge is 0.245 e. The summed E-state index contributed by atoms with van der Waals surface area (Å²) < 4.78 is 5.90. The minimum absolute atomic E-state index is 0.592. The van der Waals surface area contributed by atoms with E-state index in [1.165, 1.54) is 5.56 Å². The average Bonchev–Trinajstić information content (AvgIpc) is 3.34. The van der Waals surface area contributed by atoms with E-state index in [1.807, 2.05) is 64.0 Å². The lowest BCUT2D eigenvalue weighted by Gasteiger charge is -2.02. The van der Waals surface area contributed by atoms with Crippen molar-refractivity contribution in [1.82, 2.24) is 24.5 Å². The second kappa shape index (κ2) is 7.08. The van der Waals surface area contributed by atoms with Gasteiger partial charge >= 0.3 is 0 Å². The zero-order chi connectivity index (χ0) is 18.8. The molecule has 0 N–H and O–H groups in total. The molecule has 0 amide bonds. The van der Waals surface area contributed by atoms with Gasteiger partial charge in [0, 0.05) is 6.20 Å². The fourth-order valence-corrected chi connectivity index (χ4v) is 3.31. The zero-order valence-corrected chi connectivity index (χ0v) is 15.2. The first-order chi connectivity index (χ1) is 13.9. The zero-order valence-electron chi connectivity index (χ0n) is 15.2. The van der Waals surface area contributed by atoms with E-state index in [1.54, 1.807) is 6.20 Å². The summed E-state index contributed by atoms with van der Waals surface area (Å²) in [5, 5.41) is 8.62. The van der Waals surface area contributed by atoms with E-state index in [2.05, 4.69) is 50.5 Å². The number of imidazole rings is 1. The highest BCUT2D eigenvalue weighted by Crippen LogP contribution is 2.15. The molecule has 0 aliphatic rings. The maximum absolute atomic E-state index is 4.46. The van der Waals surface area contributed by atoms with Crippen LogP contribution in [-0.2, 0) is 13.1 Å². The van der Waals surface area contributed by atoms with Crippen LogP contribution in [0.25, 0.3) is 16.9 Å². The first-order valence-corrected chi connectivity index (χ1v) is 9.14. The van der Waals surface area contributed by atoms with Gasteiger partial charge in [-0.25, -0.2) is 4.68 Å². The number of hydrogen-bond donors (Lipinski definition) is 0. The molecule has 0 unspecified atom stereocenters. The summed E-state index contributed by atoms with van der Waals surface area (Å²) >= 11 is 0. The summed E-state index contributed by atoms with van der Waals surface area (Å²) in [4.78, 5) is 4.46. The van der Waals surface area contributed by atoms with Crippen molar-refractivity contribution in [2.24, 2.45) is 0 Å². The molecule has 0 fully saturated rings. The van der Waals surface area contributed by atoms with Crippen molar-refractivity contribution in [2.75, 3.05) is 0 Å². The summed E-state index contributed by atoms with van der Waals surface area (Å²) in [6, 6.07) is 24.3. The SMILES string of the molecule is [c-]1n(-c2ccccn2)c2ccccc2[n+]1Cc1cn(Cc2ccccc2)nn1. The average molecular weight is 366 g/mol. The van der Waals surface area contributed by atoms with Gasteiger partial charge in [-0.3, -0.25) is 4.98 Å². The molecule has 0 radical (unpaired) electrons. The summed E-state index contributed by atoms with van der Waals surface area (Å²) in [6.07, 6.45) is 7.18. The van der Waals surface area contributed by atoms with Gasteiger partial charge in [0.05, 0.1) is 23.8 Å². The maximum atomic E-state index is 4.46. The van der Waals surface area contributed by atoms with Crippen molar-refractivity contribution in [3.8, 4) is 5.82 Å². The minimum Gasteiger partial charge on any atom is -0.307 e. The number of pyridine rings is 1. The van der Waals surface area contributed by atoms with E-state index in [0.717, 1.165) is 22.5 Å². The molecule has 3 heterocycles. The highest BCUT2D eigenvalue weighted by Gasteiger charge is 2.12. The third kappa shape index (κ3) is 3.16. The summed E-state index contributed by atoms with van der Waals surface area (Å²) in [5.41, 5.74) is 4.22. The predicted molar refractivity (Wildman–Crippen MR) is 105 cm³/mol. The Morgan fingerprint density at radius 1 is 0.893 bits per heavy atom. The molecule has 0 aliphatic heterocycles. The largest absolute Gasteiger partial charge is 0.307 e. The van der Waals surface area contributed by atoms with Gasteiger partial charge in [0.2, 0.25) is 6.33 Å². The molecule has 6 nitrogen and oxygen atoms in total. The van der Waals surface area contributed by atoms with Gasteiger partial charge in [-0.2, -0.15) is 0 Å². The lowest BCUT2D eigenvalue weighted by Crippen LogP contribution is -2.33. The Hall–Kier alpha value is -3.80. The monoisotopic (exact) mass is 366 g/mol. The van der Waals surface area contributed by atoms with E-state index < -0.39 is 0 Å². The van der Waals surface area contributed by atoms with Crippen LogP contribution in [0.2, 0.25) is 0 Å². The molecule has 2 aromatic carbocycles. The van der Waals surface area contributed by atoms with Crippen molar-refractivity contribution in [2.45, 2.75) is 13.1 Å². The Morgan fingerprint density at radius 2 is 1.71 bits per heavy atom. The van der Waals surface area contributed by atoms with Crippen molar-refractivity contribution >= 4 is 11.0 Å². The van der Waals surface area contributed by atoms with Gasteiger partial charge in [-0.15, -0.1) is 5.10 Å². The standard InChI is InChI=1S/C22H18N6/c1-2-8-18(9-3-1)14-27-16-19(24-25-27)15-26-17-28(22-12-6-7-13-23-22)21-11-5-4-10-20(21)26/h1-13,16H,14-15H2. The molecule has 5 aromatic rings. The van der Waals surface area contributed by atoms with E-state index >= 15 is 0 Å². The number of rotatable bonds is 5. The fourth-order valence-electron chi connectivity index (χ4n) is 3.31. The quantitative estimate of drug-likeness (QED) is 0.355. The lowest BCUT2D eigenvalue weighted by molar-refractivity contribution is -0.667.